The number of hydrogen-bond donors (Lipinski definition) is 2. The molecule has 90 valence electrons. The number of rotatable bonds is 0. The Morgan fingerprint density at radius 1 is 0.789 bits per heavy atom. The van der Waals surface area contributed by atoms with Gasteiger partial charge < -0.3 is 10.5 Å². The minimum absolute atomic E-state index is 0.190. The van der Waals surface area contributed by atoms with E-state index >= 15 is 0 Å². The van der Waals surface area contributed by atoms with Crippen LogP contribution in [0.15, 0.2) is 41.1 Å². The number of thiophene rings is 2. The first-order valence-corrected chi connectivity index (χ1v) is 7.99. The molecule has 19 heavy (non-hydrogen) atoms. The van der Waals surface area contributed by atoms with E-state index in [0.717, 1.165) is 0 Å². The highest BCUT2D eigenvalue weighted by molar-refractivity contribution is 7.16. The first kappa shape index (κ1) is 10.1. The van der Waals surface area contributed by atoms with E-state index in [4.69, 9.17) is 0 Å². The Balaban J connectivity index is 1.89. The molecule has 0 unspecified atom stereocenters. The van der Waals surface area contributed by atoms with Gasteiger partial charge in [0.1, 0.15) is 0 Å². The van der Waals surface area contributed by atoms with Crippen LogP contribution in [0.5, 0.6) is 0 Å². The average Bonchev–Trinajstić information content (AvgIpc) is 3.07. The minimum Gasteiger partial charge on any atom is -0.404 e. The molecule has 2 aliphatic rings. The third-order valence-electron chi connectivity index (χ3n) is 3.81. The van der Waals surface area contributed by atoms with Crippen molar-refractivity contribution in [1.82, 2.24) is 0 Å². The van der Waals surface area contributed by atoms with Gasteiger partial charge in [-0.15, -0.1) is 22.7 Å². The molecule has 2 nitrogen and oxygen atoms in total. The molecule has 0 saturated heterocycles. The maximum atomic E-state index is 3.61. The van der Waals surface area contributed by atoms with E-state index in [2.05, 4.69) is 51.5 Å². The van der Waals surface area contributed by atoms with Crippen LogP contribution in [0.1, 0.15) is 0 Å². The molecule has 0 radical (unpaired) electrons. The van der Waals surface area contributed by atoms with E-state index in [-0.39, 0.29) is 6.98 Å². The van der Waals surface area contributed by atoms with Gasteiger partial charge in [0.05, 0.1) is 9.75 Å². The molecular weight excluding hydrogens is 271 g/mol. The highest BCUT2D eigenvalue weighted by Gasteiger charge is 2.36. The maximum Gasteiger partial charge on any atom is 0.407 e. The third kappa shape index (κ3) is 1.22. The van der Waals surface area contributed by atoms with Gasteiger partial charge in [-0.05, 0) is 39.5 Å². The highest BCUT2D eigenvalue weighted by Crippen LogP contribution is 2.43. The molecule has 1 aromatic carbocycles. The van der Waals surface area contributed by atoms with Crippen molar-refractivity contribution >= 4 is 46.5 Å². The van der Waals surface area contributed by atoms with Gasteiger partial charge >= 0.3 is 6.98 Å². The molecule has 2 aromatic heterocycles. The maximum absolute atomic E-state index is 3.61. The van der Waals surface area contributed by atoms with Crippen LogP contribution in [0.3, 0.4) is 0 Å². The zero-order valence-electron chi connectivity index (χ0n) is 9.94. The monoisotopic (exact) mass is 280 g/mol. The fourth-order valence-electron chi connectivity index (χ4n) is 3.03. The van der Waals surface area contributed by atoms with E-state index in [0.29, 0.717) is 0 Å². The molecule has 3 aromatic rings. The van der Waals surface area contributed by atoms with Crippen LogP contribution in [-0.4, -0.2) is 6.98 Å². The van der Waals surface area contributed by atoms with Crippen LogP contribution < -0.4 is 15.9 Å². The van der Waals surface area contributed by atoms with Crippen molar-refractivity contribution in [3.8, 4) is 20.9 Å². The molecule has 0 atom stereocenters. The third-order valence-corrected chi connectivity index (χ3v) is 5.71. The Kier molecular flexibility index (Phi) is 1.83. The fraction of sp³-hybridized carbons (Fsp3) is 0. The van der Waals surface area contributed by atoms with Crippen LogP contribution in [0.25, 0.3) is 20.9 Å². The van der Waals surface area contributed by atoms with Crippen molar-refractivity contribution in [2.75, 3.05) is 10.5 Å². The summed E-state index contributed by atoms with van der Waals surface area (Å²) in [5.41, 5.74) is 6.62. The van der Waals surface area contributed by atoms with E-state index in [1.54, 1.807) is 0 Å². The predicted octanol–water partition coefficient (Wildman–Crippen LogP) is 3.69. The summed E-state index contributed by atoms with van der Waals surface area (Å²) < 4.78 is 0. The van der Waals surface area contributed by atoms with Crippen molar-refractivity contribution in [3.05, 3.63) is 41.1 Å². The lowest BCUT2D eigenvalue weighted by atomic mass is 9.59. The number of nitrogens with one attached hydrogen (secondary N) is 2. The summed E-state index contributed by atoms with van der Waals surface area (Å²) in [4.78, 5) is 2.71. The molecule has 0 spiro atoms. The number of fused-ring (bicyclic) bond motifs is 4. The Bertz CT molecular complexity index is 743. The SMILES string of the molecule is c1cc2c3c(c1)-c1sccc1NB3Nc1ccsc1-2. The van der Waals surface area contributed by atoms with Gasteiger partial charge in [-0.1, -0.05) is 18.2 Å². The van der Waals surface area contributed by atoms with E-state index < -0.39 is 0 Å². The van der Waals surface area contributed by atoms with Crippen molar-refractivity contribution < 1.29 is 0 Å². The molecule has 0 fully saturated rings. The van der Waals surface area contributed by atoms with Gasteiger partial charge in [-0.2, -0.15) is 0 Å². The van der Waals surface area contributed by atoms with Crippen molar-refractivity contribution in [1.29, 1.82) is 0 Å². The van der Waals surface area contributed by atoms with Gasteiger partial charge in [-0.25, -0.2) is 0 Å². The lowest BCUT2D eigenvalue weighted by Crippen LogP contribution is -2.51. The molecule has 2 aliphatic heterocycles. The smallest absolute Gasteiger partial charge is 0.404 e. The van der Waals surface area contributed by atoms with Crippen molar-refractivity contribution in [2.45, 2.75) is 0 Å². The molecule has 0 aliphatic carbocycles. The fourth-order valence-corrected chi connectivity index (χ4v) is 4.82. The second-order valence-electron chi connectivity index (χ2n) is 4.82. The minimum atomic E-state index is 0.190. The molecule has 5 heteroatoms. The Hall–Kier alpha value is -1.72. The van der Waals surface area contributed by atoms with E-state index in [9.17, 15) is 0 Å². The topological polar surface area (TPSA) is 24.1 Å². The lowest BCUT2D eigenvalue weighted by molar-refractivity contribution is 1.59. The van der Waals surface area contributed by atoms with Crippen LogP contribution in [-0.2, 0) is 0 Å². The van der Waals surface area contributed by atoms with Gasteiger partial charge in [0, 0.05) is 11.4 Å². The lowest BCUT2D eigenvalue weighted by Gasteiger charge is -2.31. The van der Waals surface area contributed by atoms with E-state index in [1.165, 1.54) is 37.7 Å². The van der Waals surface area contributed by atoms with Crippen molar-refractivity contribution in [2.24, 2.45) is 0 Å². The summed E-state index contributed by atoms with van der Waals surface area (Å²) in [7, 11) is 0. The second-order valence-corrected chi connectivity index (χ2v) is 6.65. The average molecular weight is 280 g/mol. The van der Waals surface area contributed by atoms with Crippen molar-refractivity contribution in [3.63, 3.8) is 0 Å². The summed E-state index contributed by atoms with van der Waals surface area (Å²) >= 11 is 3.62. The number of anilines is 2. The molecule has 0 bridgehead atoms. The Morgan fingerprint density at radius 3 is 1.95 bits per heavy atom. The Labute approximate surface area is 119 Å². The summed E-state index contributed by atoms with van der Waals surface area (Å²) in [6.45, 7) is 0.190. The summed E-state index contributed by atoms with van der Waals surface area (Å²) in [5.74, 6) is 0. The first-order valence-electron chi connectivity index (χ1n) is 6.23. The molecular formula is C14H9BN2S2. The molecule has 5 rings (SSSR count). The van der Waals surface area contributed by atoms with Gasteiger partial charge in [0.2, 0.25) is 0 Å². The van der Waals surface area contributed by atoms with Gasteiger partial charge in [0.25, 0.3) is 0 Å². The number of benzene rings is 1. The largest absolute Gasteiger partial charge is 0.407 e. The molecule has 4 heterocycles. The molecule has 0 amide bonds. The Morgan fingerprint density at radius 2 is 1.37 bits per heavy atom. The normalized spacial score (nSPS) is 14.0. The first-order chi connectivity index (χ1) is 9.42. The van der Waals surface area contributed by atoms with Crippen LogP contribution in [0, 0.1) is 0 Å². The standard InChI is InChI=1S/C14H9BN2S2/c1-2-8-12-9(3-1)14-11(5-7-19-14)17-15(12)16-10-4-6-18-13(8)10/h1-7,16-17H. The summed E-state index contributed by atoms with van der Waals surface area (Å²) in [6, 6.07) is 11.0. The molecule has 2 N–H and O–H groups in total. The second kappa shape index (κ2) is 3.43. The quantitative estimate of drug-likeness (QED) is 0.614. The van der Waals surface area contributed by atoms with E-state index in [1.807, 2.05) is 22.7 Å². The van der Waals surface area contributed by atoms with Crippen LogP contribution in [0.4, 0.5) is 11.4 Å². The number of hydrogen-bond acceptors (Lipinski definition) is 4. The summed E-state index contributed by atoms with van der Waals surface area (Å²) in [5, 5.41) is 11.5. The zero-order valence-corrected chi connectivity index (χ0v) is 11.6. The van der Waals surface area contributed by atoms with Crippen LogP contribution >= 0.6 is 22.7 Å². The highest BCUT2D eigenvalue weighted by atomic mass is 32.1. The van der Waals surface area contributed by atoms with Gasteiger partial charge in [-0.3, -0.25) is 0 Å². The van der Waals surface area contributed by atoms with Gasteiger partial charge in [0.15, 0.2) is 0 Å². The molecule has 0 saturated carbocycles. The zero-order chi connectivity index (χ0) is 12.4. The van der Waals surface area contributed by atoms with Crippen LogP contribution in [0.2, 0.25) is 0 Å². The predicted molar refractivity (Wildman–Crippen MR) is 85.7 cm³/mol. The summed E-state index contributed by atoms with van der Waals surface area (Å²) in [6.07, 6.45) is 0.